The summed E-state index contributed by atoms with van der Waals surface area (Å²) in [6, 6.07) is 14.9. The summed E-state index contributed by atoms with van der Waals surface area (Å²) in [5.74, 6) is 0.663. The van der Waals surface area contributed by atoms with Crippen molar-refractivity contribution in [1.82, 2.24) is 4.98 Å². The van der Waals surface area contributed by atoms with Crippen molar-refractivity contribution in [2.24, 2.45) is 0 Å². The third-order valence-electron chi connectivity index (χ3n) is 3.47. The van der Waals surface area contributed by atoms with E-state index in [2.05, 4.69) is 46.3 Å². The number of nitrogens with zero attached hydrogens (tertiary/aromatic N) is 2. The van der Waals surface area contributed by atoms with Crippen LogP contribution in [0, 0.1) is 0 Å². The molecule has 2 heterocycles. The lowest BCUT2D eigenvalue weighted by Gasteiger charge is -2.18. The maximum absolute atomic E-state index is 4.19. The largest absolute Gasteiger partial charge is 0.370 e. The molecule has 0 aliphatic carbocycles. The fourth-order valence-electron chi connectivity index (χ4n) is 2.53. The zero-order chi connectivity index (χ0) is 11.5. The highest BCUT2D eigenvalue weighted by atomic mass is 15.2. The summed E-state index contributed by atoms with van der Waals surface area (Å²) in [6.45, 7) is 2.24. The molecule has 0 saturated carbocycles. The summed E-state index contributed by atoms with van der Waals surface area (Å²) >= 11 is 0. The van der Waals surface area contributed by atoms with Gasteiger partial charge in [-0.3, -0.25) is 4.98 Å². The molecule has 1 aliphatic rings. The summed E-state index contributed by atoms with van der Waals surface area (Å²) < 4.78 is 0. The van der Waals surface area contributed by atoms with Crippen molar-refractivity contribution in [3.63, 3.8) is 0 Å². The number of hydrogen-bond acceptors (Lipinski definition) is 2. The minimum atomic E-state index is 0.663. The first-order valence-electron chi connectivity index (χ1n) is 6.13. The van der Waals surface area contributed by atoms with E-state index < -0.39 is 0 Å². The number of hydrogen-bond donors (Lipinski definition) is 0. The van der Waals surface area contributed by atoms with Crippen molar-refractivity contribution in [2.75, 3.05) is 18.0 Å². The van der Waals surface area contributed by atoms with Crippen LogP contribution in [0.3, 0.4) is 0 Å². The van der Waals surface area contributed by atoms with E-state index in [4.69, 9.17) is 0 Å². The molecule has 2 nitrogen and oxygen atoms in total. The lowest BCUT2D eigenvalue weighted by atomic mass is 9.99. The van der Waals surface area contributed by atoms with Crippen LogP contribution in [-0.4, -0.2) is 18.1 Å². The zero-order valence-corrected chi connectivity index (χ0v) is 9.79. The van der Waals surface area contributed by atoms with Crippen molar-refractivity contribution in [3.8, 4) is 0 Å². The predicted molar refractivity (Wildman–Crippen MR) is 70.3 cm³/mol. The van der Waals surface area contributed by atoms with Crippen LogP contribution in [0.15, 0.2) is 54.9 Å². The average molecular weight is 224 g/mol. The molecular weight excluding hydrogens is 208 g/mol. The Morgan fingerprint density at radius 1 is 1.06 bits per heavy atom. The summed E-state index contributed by atoms with van der Waals surface area (Å²) in [4.78, 5) is 6.61. The van der Waals surface area contributed by atoms with Crippen LogP contribution in [0.4, 0.5) is 5.69 Å². The van der Waals surface area contributed by atoms with Gasteiger partial charge in [-0.2, -0.15) is 0 Å². The van der Waals surface area contributed by atoms with E-state index in [0.717, 1.165) is 13.1 Å². The van der Waals surface area contributed by atoms with Crippen molar-refractivity contribution < 1.29 is 0 Å². The van der Waals surface area contributed by atoms with Crippen molar-refractivity contribution in [2.45, 2.75) is 12.3 Å². The highest BCUT2D eigenvalue weighted by Gasteiger charge is 2.23. The first kappa shape index (κ1) is 10.3. The molecule has 0 amide bonds. The molecule has 1 aliphatic heterocycles. The molecular formula is C15H16N2. The molecule has 0 radical (unpaired) electrons. The van der Waals surface area contributed by atoms with E-state index >= 15 is 0 Å². The van der Waals surface area contributed by atoms with E-state index in [-0.39, 0.29) is 0 Å². The van der Waals surface area contributed by atoms with Crippen molar-refractivity contribution in [1.29, 1.82) is 0 Å². The lowest BCUT2D eigenvalue weighted by Crippen LogP contribution is -2.19. The van der Waals surface area contributed by atoms with Gasteiger partial charge in [-0.1, -0.05) is 30.3 Å². The Bertz CT molecular complexity index is 421. The fourth-order valence-corrected chi connectivity index (χ4v) is 2.53. The molecule has 1 saturated heterocycles. The maximum Gasteiger partial charge on any atom is 0.0552 e. The Hall–Kier alpha value is -1.83. The van der Waals surface area contributed by atoms with Crippen LogP contribution in [0.5, 0.6) is 0 Å². The first-order chi connectivity index (χ1) is 8.43. The van der Waals surface area contributed by atoms with Crippen LogP contribution in [0.25, 0.3) is 0 Å². The molecule has 1 aromatic heterocycles. The number of pyridine rings is 1. The van der Waals surface area contributed by atoms with Gasteiger partial charge in [0.2, 0.25) is 0 Å². The Balaban J connectivity index is 1.75. The zero-order valence-electron chi connectivity index (χ0n) is 9.79. The van der Waals surface area contributed by atoms with Crippen LogP contribution in [-0.2, 0) is 0 Å². The van der Waals surface area contributed by atoms with Gasteiger partial charge < -0.3 is 4.90 Å². The number of aromatic nitrogens is 1. The second kappa shape index (κ2) is 4.58. The van der Waals surface area contributed by atoms with Gasteiger partial charge >= 0.3 is 0 Å². The van der Waals surface area contributed by atoms with Gasteiger partial charge in [-0.25, -0.2) is 0 Å². The minimum Gasteiger partial charge on any atom is -0.370 e. The topological polar surface area (TPSA) is 16.1 Å². The van der Waals surface area contributed by atoms with Gasteiger partial charge in [0.05, 0.1) is 11.9 Å². The highest BCUT2D eigenvalue weighted by Crippen LogP contribution is 2.29. The number of rotatable bonds is 2. The van der Waals surface area contributed by atoms with E-state index in [0.29, 0.717) is 5.92 Å². The van der Waals surface area contributed by atoms with Crippen LogP contribution >= 0.6 is 0 Å². The van der Waals surface area contributed by atoms with E-state index in [1.807, 2.05) is 18.5 Å². The molecule has 1 atom stereocenters. The second-order valence-corrected chi connectivity index (χ2v) is 4.55. The number of anilines is 1. The molecule has 1 aromatic carbocycles. The molecule has 1 fully saturated rings. The Kier molecular flexibility index (Phi) is 2.78. The molecule has 1 unspecified atom stereocenters. The Morgan fingerprint density at radius 2 is 1.94 bits per heavy atom. The molecule has 3 rings (SSSR count). The fraction of sp³-hybridized carbons (Fsp3) is 0.267. The molecule has 17 heavy (non-hydrogen) atoms. The van der Waals surface area contributed by atoms with Gasteiger partial charge in [0.25, 0.3) is 0 Å². The lowest BCUT2D eigenvalue weighted by molar-refractivity contribution is 0.775. The SMILES string of the molecule is c1ccc(C2CCN(c3cccnc3)C2)cc1. The average Bonchev–Trinajstić information content (AvgIpc) is 2.90. The quantitative estimate of drug-likeness (QED) is 0.779. The van der Waals surface area contributed by atoms with E-state index in [1.165, 1.54) is 17.7 Å². The summed E-state index contributed by atoms with van der Waals surface area (Å²) in [5.41, 5.74) is 2.70. The second-order valence-electron chi connectivity index (χ2n) is 4.55. The van der Waals surface area contributed by atoms with Gasteiger partial charge in [-0.15, -0.1) is 0 Å². The van der Waals surface area contributed by atoms with Gasteiger partial charge in [0.1, 0.15) is 0 Å². The molecule has 0 spiro atoms. The van der Waals surface area contributed by atoms with E-state index in [1.54, 1.807) is 0 Å². The normalized spacial score (nSPS) is 19.5. The van der Waals surface area contributed by atoms with Crippen LogP contribution < -0.4 is 4.90 Å². The minimum absolute atomic E-state index is 0.663. The maximum atomic E-state index is 4.19. The molecule has 2 aromatic rings. The van der Waals surface area contributed by atoms with Crippen molar-refractivity contribution in [3.05, 3.63) is 60.4 Å². The third kappa shape index (κ3) is 2.16. The van der Waals surface area contributed by atoms with Crippen LogP contribution in [0.1, 0.15) is 17.9 Å². The molecule has 86 valence electrons. The van der Waals surface area contributed by atoms with Gasteiger partial charge in [0, 0.05) is 25.2 Å². The van der Waals surface area contributed by atoms with Crippen LogP contribution in [0.2, 0.25) is 0 Å². The molecule has 0 bridgehead atoms. The smallest absolute Gasteiger partial charge is 0.0552 e. The molecule has 0 N–H and O–H groups in total. The monoisotopic (exact) mass is 224 g/mol. The predicted octanol–water partition coefficient (Wildman–Crippen LogP) is 3.08. The highest BCUT2D eigenvalue weighted by molar-refractivity contribution is 5.46. The van der Waals surface area contributed by atoms with Gasteiger partial charge in [0.15, 0.2) is 0 Å². The summed E-state index contributed by atoms with van der Waals surface area (Å²) in [6.07, 6.45) is 5.01. The van der Waals surface area contributed by atoms with Gasteiger partial charge in [-0.05, 0) is 24.1 Å². The Morgan fingerprint density at radius 3 is 2.71 bits per heavy atom. The first-order valence-corrected chi connectivity index (χ1v) is 6.13. The Labute approximate surface area is 102 Å². The summed E-state index contributed by atoms with van der Waals surface area (Å²) in [7, 11) is 0. The van der Waals surface area contributed by atoms with Crippen molar-refractivity contribution >= 4 is 5.69 Å². The molecule has 2 heteroatoms. The standard InChI is InChI=1S/C15H16N2/c1-2-5-13(6-3-1)14-8-10-17(12-14)15-7-4-9-16-11-15/h1-7,9,11,14H,8,10,12H2. The number of benzene rings is 1. The van der Waals surface area contributed by atoms with E-state index in [9.17, 15) is 0 Å². The summed E-state index contributed by atoms with van der Waals surface area (Å²) in [5, 5.41) is 0. The third-order valence-corrected chi connectivity index (χ3v) is 3.47.